The van der Waals surface area contributed by atoms with Crippen molar-refractivity contribution in [2.24, 2.45) is 11.1 Å². The average molecular weight is 255 g/mol. The van der Waals surface area contributed by atoms with E-state index in [1.807, 2.05) is 0 Å². The summed E-state index contributed by atoms with van der Waals surface area (Å²) in [5.41, 5.74) is 6.07. The number of allylic oxidation sites excluding steroid dienone is 2. The summed E-state index contributed by atoms with van der Waals surface area (Å²) in [4.78, 5) is 0. The fourth-order valence-electron chi connectivity index (χ4n) is 2.83. The number of rotatable bonds is 4. The van der Waals surface area contributed by atoms with Gasteiger partial charge in [-0.25, -0.2) is 4.39 Å². The minimum absolute atomic E-state index is 0.118. The number of hydrogen-bond donors (Lipinski definition) is 2. The topological polar surface area (TPSA) is 46.2 Å². The van der Waals surface area contributed by atoms with E-state index in [0.29, 0.717) is 0 Å². The number of alkyl halides is 1. The second-order valence-electron chi connectivity index (χ2n) is 5.56. The first-order valence-electron chi connectivity index (χ1n) is 6.95. The van der Waals surface area contributed by atoms with Gasteiger partial charge in [0.1, 0.15) is 11.9 Å². The number of nitrogens with two attached hydrogens (primary N) is 1. The van der Waals surface area contributed by atoms with Crippen LogP contribution in [-0.2, 0) is 0 Å². The molecule has 0 aliphatic heterocycles. The van der Waals surface area contributed by atoms with Crippen molar-refractivity contribution in [3.63, 3.8) is 0 Å². The Morgan fingerprint density at radius 1 is 1.33 bits per heavy atom. The molecule has 0 amide bonds. The van der Waals surface area contributed by atoms with Gasteiger partial charge in [-0.15, -0.1) is 0 Å². The SMILES string of the molecule is CC(F)/C=C(\C(O)=C/CN)C1(C)CCCCCC1. The van der Waals surface area contributed by atoms with Crippen molar-refractivity contribution in [1.29, 1.82) is 0 Å². The maximum Gasteiger partial charge on any atom is 0.116 e. The first-order chi connectivity index (χ1) is 8.49. The van der Waals surface area contributed by atoms with Crippen LogP contribution in [0.15, 0.2) is 23.5 Å². The molecule has 3 heteroatoms. The molecular formula is C15H26FNO. The Morgan fingerprint density at radius 2 is 1.89 bits per heavy atom. The summed E-state index contributed by atoms with van der Waals surface area (Å²) in [6, 6.07) is 0. The lowest BCUT2D eigenvalue weighted by Crippen LogP contribution is -2.21. The molecule has 1 rings (SSSR count). The molecule has 0 heterocycles. The predicted molar refractivity (Wildman–Crippen MR) is 74.2 cm³/mol. The van der Waals surface area contributed by atoms with Crippen molar-refractivity contribution in [3.8, 4) is 0 Å². The fraction of sp³-hybridized carbons (Fsp3) is 0.733. The molecule has 2 nitrogen and oxygen atoms in total. The summed E-state index contributed by atoms with van der Waals surface area (Å²) in [6.45, 7) is 3.91. The van der Waals surface area contributed by atoms with Gasteiger partial charge in [0.05, 0.1) is 0 Å². The monoisotopic (exact) mass is 255 g/mol. The van der Waals surface area contributed by atoms with Gasteiger partial charge in [-0.3, -0.25) is 0 Å². The Labute approximate surface area is 110 Å². The molecule has 0 aromatic rings. The highest BCUT2D eigenvalue weighted by atomic mass is 19.1. The van der Waals surface area contributed by atoms with Crippen LogP contribution in [0.4, 0.5) is 4.39 Å². The molecule has 3 N–H and O–H groups in total. The van der Waals surface area contributed by atoms with E-state index in [2.05, 4.69) is 6.92 Å². The number of hydrogen-bond acceptors (Lipinski definition) is 2. The Balaban J connectivity index is 3.04. The summed E-state index contributed by atoms with van der Waals surface area (Å²) >= 11 is 0. The van der Waals surface area contributed by atoms with Gasteiger partial charge in [-0.1, -0.05) is 32.6 Å². The van der Waals surface area contributed by atoms with Gasteiger partial charge in [0.15, 0.2) is 0 Å². The Bertz CT molecular complexity index is 312. The molecule has 0 aromatic carbocycles. The van der Waals surface area contributed by atoms with Gasteiger partial charge in [-0.2, -0.15) is 0 Å². The van der Waals surface area contributed by atoms with Crippen molar-refractivity contribution < 1.29 is 9.50 Å². The van der Waals surface area contributed by atoms with Gasteiger partial charge in [-0.05, 0) is 42.9 Å². The molecule has 1 unspecified atom stereocenters. The van der Waals surface area contributed by atoms with Crippen LogP contribution in [0.2, 0.25) is 0 Å². The largest absolute Gasteiger partial charge is 0.508 e. The van der Waals surface area contributed by atoms with Crippen LogP contribution >= 0.6 is 0 Å². The standard InChI is InChI=1S/C15H26FNO/c1-12(16)11-13(14(18)7-10-17)15(2)8-5-3-4-6-9-15/h7,11-12,18H,3-6,8-10,17H2,1-2H3/b13-11+,14-7+. The molecular weight excluding hydrogens is 229 g/mol. The van der Waals surface area contributed by atoms with Gasteiger partial charge < -0.3 is 10.8 Å². The quantitative estimate of drug-likeness (QED) is 0.452. The van der Waals surface area contributed by atoms with Gasteiger partial charge >= 0.3 is 0 Å². The molecule has 0 spiro atoms. The lowest BCUT2D eigenvalue weighted by Gasteiger charge is -2.31. The summed E-state index contributed by atoms with van der Waals surface area (Å²) in [5, 5.41) is 10.1. The van der Waals surface area contributed by atoms with E-state index in [0.717, 1.165) is 31.3 Å². The van der Waals surface area contributed by atoms with Crippen LogP contribution in [0.5, 0.6) is 0 Å². The van der Waals surface area contributed by atoms with E-state index in [1.54, 1.807) is 12.2 Å². The second kappa shape index (κ2) is 6.93. The number of halogens is 1. The maximum atomic E-state index is 13.3. The van der Waals surface area contributed by atoms with Crippen molar-refractivity contribution >= 4 is 0 Å². The third-order valence-electron chi connectivity index (χ3n) is 3.84. The van der Waals surface area contributed by atoms with E-state index >= 15 is 0 Å². The highest BCUT2D eigenvalue weighted by molar-refractivity contribution is 5.32. The first-order valence-corrected chi connectivity index (χ1v) is 6.95. The molecule has 0 bridgehead atoms. The zero-order valence-electron chi connectivity index (χ0n) is 11.6. The lowest BCUT2D eigenvalue weighted by molar-refractivity contribution is 0.300. The molecule has 1 saturated carbocycles. The molecule has 1 fully saturated rings. The van der Waals surface area contributed by atoms with Crippen molar-refractivity contribution in [2.45, 2.75) is 58.5 Å². The number of aliphatic hydroxyl groups is 1. The molecule has 0 radical (unpaired) electrons. The van der Waals surface area contributed by atoms with Crippen molar-refractivity contribution in [3.05, 3.63) is 23.5 Å². The van der Waals surface area contributed by atoms with Crippen molar-refractivity contribution in [1.82, 2.24) is 0 Å². The van der Waals surface area contributed by atoms with E-state index < -0.39 is 6.17 Å². The van der Waals surface area contributed by atoms with Crippen LogP contribution in [0.25, 0.3) is 0 Å². The molecule has 0 saturated heterocycles. The Hall–Kier alpha value is -0.830. The van der Waals surface area contributed by atoms with Crippen LogP contribution in [0, 0.1) is 5.41 Å². The summed E-state index contributed by atoms with van der Waals surface area (Å²) < 4.78 is 13.3. The third-order valence-corrected chi connectivity index (χ3v) is 3.84. The molecule has 1 aliphatic carbocycles. The molecule has 1 atom stereocenters. The van der Waals surface area contributed by atoms with Crippen LogP contribution in [0.3, 0.4) is 0 Å². The van der Waals surface area contributed by atoms with E-state index in [-0.39, 0.29) is 17.7 Å². The first kappa shape index (κ1) is 15.2. The van der Waals surface area contributed by atoms with Gasteiger partial charge in [0, 0.05) is 6.54 Å². The Morgan fingerprint density at radius 3 is 2.33 bits per heavy atom. The molecule has 1 aliphatic rings. The molecule has 18 heavy (non-hydrogen) atoms. The lowest BCUT2D eigenvalue weighted by atomic mass is 9.74. The highest BCUT2D eigenvalue weighted by Crippen LogP contribution is 2.43. The zero-order valence-corrected chi connectivity index (χ0v) is 11.6. The van der Waals surface area contributed by atoms with E-state index in [9.17, 15) is 9.50 Å². The summed E-state index contributed by atoms with van der Waals surface area (Å²) in [7, 11) is 0. The summed E-state index contributed by atoms with van der Waals surface area (Å²) in [5.74, 6) is 0.159. The minimum Gasteiger partial charge on any atom is -0.508 e. The molecule has 0 aromatic heterocycles. The van der Waals surface area contributed by atoms with Crippen LogP contribution in [0.1, 0.15) is 52.4 Å². The van der Waals surface area contributed by atoms with E-state index in [4.69, 9.17) is 5.73 Å². The van der Waals surface area contributed by atoms with Crippen LogP contribution in [-0.4, -0.2) is 17.8 Å². The van der Waals surface area contributed by atoms with Crippen molar-refractivity contribution in [2.75, 3.05) is 6.54 Å². The Kier molecular flexibility index (Phi) is 5.86. The van der Waals surface area contributed by atoms with E-state index in [1.165, 1.54) is 19.8 Å². The molecule has 104 valence electrons. The second-order valence-corrected chi connectivity index (χ2v) is 5.56. The van der Waals surface area contributed by atoms with Gasteiger partial charge in [0.25, 0.3) is 0 Å². The maximum absolute atomic E-state index is 13.3. The fourth-order valence-corrected chi connectivity index (χ4v) is 2.83. The van der Waals surface area contributed by atoms with Gasteiger partial charge in [0.2, 0.25) is 0 Å². The normalized spacial score (nSPS) is 23.6. The highest BCUT2D eigenvalue weighted by Gasteiger charge is 2.32. The zero-order chi connectivity index (χ0) is 13.6. The minimum atomic E-state index is -1.05. The summed E-state index contributed by atoms with van der Waals surface area (Å²) in [6.07, 6.45) is 8.84. The number of aliphatic hydroxyl groups excluding tert-OH is 1. The third kappa shape index (κ3) is 4.13. The smallest absolute Gasteiger partial charge is 0.116 e. The average Bonchev–Trinajstić information content (AvgIpc) is 2.52. The predicted octanol–water partition coefficient (Wildman–Crippen LogP) is 4.03. The van der Waals surface area contributed by atoms with Crippen LogP contribution < -0.4 is 5.73 Å².